The Balaban J connectivity index is 1.68. The molecule has 0 spiro atoms. The molecule has 0 saturated carbocycles. The third kappa shape index (κ3) is 2.86. The van der Waals surface area contributed by atoms with Crippen molar-refractivity contribution in [1.29, 1.82) is 5.41 Å². The van der Waals surface area contributed by atoms with Gasteiger partial charge >= 0.3 is 5.56 Å². The lowest BCUT2D eigenvalue weighted by Crippen LogP contribution is -2.28. The second-order valence-corrected chi connectivity index (χ2v) is 7.40. The lowest BCUT2D eigenvalue weighted by atomic mass is 10.1. The van der Waals surface area contributed by atoms with Gasteiger partial charge in [-0.2, -0.15) is 4.52 Å². The van der Waals surface area contributed by atoms with Crippen LogP contribution in [-0.4, -0.2) is 45.1 Å². The first-order chi connectivity index (χ1) is 15.8. The van der Waals surface area contributed by atoms with Crippen LogP contribution >= 0.6 is 0 Å². The van der Waals surface area contributed by atoms with Crippen LogP contribution in [0.15, 0.2) is 50.8 Å². The minimum atomic E-state index is -0.715. The molecular formula is C20H18N10O3. The molecule has 0 bridgehead atoms. The van der Waals surface area contributed by atoms with E-state index in [-0.39, 0.29) is 28.3 Å². The average Bonchev–Trinajstić information content (AvgIpc) is 3.43. The highest BCUT2D eigenvalue weighted by molar-refractivity contribution is 6.11. The highest BCUT2D eigenvalue weighted by atomic mass is 16.1. The number of para-hydroxylation sites is 1. The zero-order valence-corrected chi connectivity index (χ0v) is 17.5. The van der Waals surface area contributed by atoms with E-state index in [0.717, 1.165) is 4.52 Å². The minimum absolute atomic E-state index is 0.0927. The Bertz CT molecular complexity index is 1730. The first-order valence-corrected chi connectivity index (χ1v) is 9.78. The number of anilines is 1. The number of nitrogen functional groups attached to an aromatic ring is 1. The molecule has 33 heavy (non-hydrogen) atoms. The summed E-state index contributed by atoms with van der Waals surface area (Å²) in [5, 5.41) is 23.6. The van der Waals surface area contributed by atoms with Crippen LogP contribution in [0.5, 0.6) is 0 Å². The van der Waals surface area contributed by atoms with Crippen molar-refractivity contribution in [1.82, 2.24) is 39.4 Å². The second-order valence-electron chi connectivity index (χ2n) is 7.40. The molecule has 6 N–H and O–H groups in total. The monoisotopic (exact) mass is 446 g/mol. The van der Waals surface area contributed by atoms with Crippen LogP contribution < -0.4 is 22.4 Å². The Kier molecular flexibility index (Phi) is 4.27. The summed E-state index contributed by atoms with van der Waals surface area (Å²) in [6.07, 6.45) is 0. The topological polar surface area (TPSA) is 188 Å². The molecule has 0 atom stereocenters. The van der Waals surface area contributed by atoms with Crippen LogP contribution in [-0.2, 0) is 7.05 Å². The van der Waals surface area contributed by atoms with Crippen LogP contribution in [0.3, 0.4) is 0 Å². The maximum atomic E-state index is 13.3. The summed E-state index contributed by atoms with van der Waals surface area (Å²) < 4.78 is 4.31. The normalized spacial score (nSPS) is 11.3. The molecule has 0 saturated heterocycles. The molecule has 0 aliphatic heterocycles. The van der Waals surface area contributed by atoms with Crippen molar-refractivity contribution < 1.29 is 0 Å². The molecule has 5 aromatic rings. The predicted octanol–water partition coefficient (Wildman–Crippen LogP) is -0.103. The van der Waals surface area contributed by atoms with Crippen molar-refractivity contribution >= 4 is 17.2 Å². The largest absolute Gasteiger partial charge is 0.383 e. The first kappa shape index (κ1) is 20.0. The van der Waals surface area contributed by atoms with Crippen molar-refractivity contribution in [3.63, 3.8) is 0 Å². The predicted molar refractivity (Wildman–Crippen MR) is 120 cm³/mol. The number of H-pyrrole nitrogens is 3. The third-order valence-corrected chi connectivity index (χ3v) is 5.51. The molecule has 13 nitrogen and oxygen atoms in total. The van der Waals surface area contributed by atoms with E-state index in [9.17, 15) is 14.4 Å². The maximum Gasteiger partial charge on any atom is 0.301 e. The second kappa shape index (κ2) is 7.05. The molecule has 5 rings (SSSR count). The molecule has 0 unspecified atom stereocenters. The fourth-order valence-corrected chi connectivity index (χ4v) is 3.78. The number of fused-ring (bicyclic) bond motifs is 1. The molecular weight excluding hydrogens is 428 g/mol. The summed E-state index contributed by atoms with van der Waals surface area (Å²) in [6.45, 7) is 1.79. The third-order valence-electron chi connectivity index (χ3n) is 5.51. The van der Waals surface area contributed by atoms with Crippen molar-refractivity contribution in [2.24, 2.45) is 7.05 Å². The number of nitrogens with one attached hydrogen (secondary N) is 4. The molecule has 13 heteroatoms. The van der Waals surface area contributed by atoms with Gasteiger partial charge in [0.15, 0.2) is 11.3 Å². The molecule has 0 amide bonds. The van der Waals surface area contributed by atoms with E-state index in [1.54, 1.807) is 18.7 Å². The van der Waals surface area contributed by atoms with E-state index >= 15 is 0 Å². The van der Waals surface area contributed by atoms with Crippen LogP contribution in [0, 0.1) is 12.3 Å². The van der Waals surface area contributed by atoms with Crippen molar-refractivity contribution in [2.45, 2.75) is 6.92 Å². The highest BCUT2D eigenvalue weighted by Crippen LogP contribution is 2.21. The number of aromatic nitrogens is 8. The van der Waals surface area contributed by atoms with Gasteiger partial charge in [-0.3, -0.25) is 39.8 Å². The lowest BCUT2D eigenvalue weighted by molar-refractivity contribution is 0.630. The first-order valence-electron chi connectivity index (χ1n) is 9.78. The molecule has 4 heterocycles. The van der Waals surface area contributed by atoms with Gasteiger partial charge in [0.05, 0.1) is 16.9 Å². The summed E-state index contributed by atoms with van der Waals surface area (Å²) in [7, 11) is 1.76. The van der Waals surface area contributed by atoms with Crippen molar-refractivity contribution in [3.8, 4) is 16.9 Å². The number of hydrogen-bond acceptors (Lipinski definition) is 7. The summed E-state index contributed by atoms with van der Waals surface area (Å²) >= 11 is 0. The van der Waals surface area contributed by atoms with E-state index in [0.29, 0.717) is 22.6 Å². The zero-order valence-electron chi connectivity index (χ0n) is 17.5. The Morgan fingerprint density at radius 1 is 1.06 bits per heavy atom. The lowest BCUT2D eigenvalue weighted by Gasteiger charge is -2.07. The smallest absolute Gasteiger partial charge is 0.301 e. The van der Waals surface area contributed by atoms with E-state index in [4.69, 9.17) is 11.1 Å². The SMILES string of the molecule is Cc1c(-c2cc3nnc(C(=N)c4c(N)[nH][nH]c4=O)c(=O)n3[nH]2)c(=O)n(-c2ccccc2)n1C. The quantitative estimate of drug-likeness (QED) is 0.240. The number of nitrogens with zero attached hydrogens (tertiary/aromatic N) is 5. The number of hydrogen-bond donors (Lipinski definition) is 5. The van der Waals surface area contributed by atoms with Crippen LogP contribution in [0.2, 0.25) is 0 Å². The highest BCUT2D eigenvalue weighted by Gasteiger charge is 2.23. The number of nitrogens with two attached hydrogens (primary N) is 1. The molecule has 1 aromatic carbocycles. The van der Waals surface area contributed by atoms with Crippen LogP contribution in [0.25, 0.3) is 22.6 Å². The van der Waals surface area contributed by atoms with Gasteiger partial charge < -0.3 is 5.73 Å². The van der Waals surface area contributed by atoms with E-state index in [1.165, 1.54) is 10.7 Å². The zero-order chi connectivity index (χ0) is 23.4. The van der Waals surface area contributed by atoms with Crippen molar-refractivity contribution in [3.05, 3.63) is 84.4 Å². The van der Waals surface area contributed by atoms with Gasteiger partial charge in [-0.15, -0.1) is 10.2 Å². The van der Waals surface area contributed by atoms with Gasteiger partial charge in [0.2, 0.25) is 0 Å². The molecule has 0 fully saturated rings. The van der Waals surface area contributed by atoms with Gasteiger partial charge in [0, 0.05) is 18.8 Å². The summed E-state index contributed by atoms with van der Waals surface area (Å²) in [5.74, 6) is -0.0927. The standard InChI is InChI=1S/C20H18N10O3/c1-9-13(19(32)30(28(9)2)10-6-4-3-5-7-10)11-8-12-23-24-16(20(33)29(12)27-11)15(21)14-17(22)25-26-18(14)31/h3-8,21,27H,1-2H3,(H4,22,25,26,31). The van der Waals surface area contributed by atoms with Gasteiger partial charge in [0.1, 0.15) is 17.1 Å². The van der Waals surface area contributed by atoms with E-state index in [2.05, 4.69) is 25.5 Å². The number of rotatable bonds is 4. The summed E-state index contributed by atoms with van der Waals surface area (Å²) in [6, 6.07) is 10.7. The summed E-state index contributed by atoms with van der Waals surface area (Å²) in [5.41, 5.74) is 5.20. The van der Waals surface area contributed by atoms with Gasteiger partial charge in [-0.25, -0.2) is 4.68 Å². The fourth-order valence-electron chi connectivity index (χ4n) is 3.78. The number of benzene rings is 1. The summed E-state index contributed by atoms with van der Waals surface area (Å²) in [4.78, 5) is 38.3. The van der Waals surface area contributed by atoms with Gasteiger partial charge in [0.25, 0.3) is 11.1 Å². The van der Waals surface area contributed by atoms with Gasteiger partial charge in [-0.05, 0) is 19.1 Å². The molecule has 0 aliphatic carbocycles. The Labute approximate surface area is 183 Å². The van der Waals surface area contributed by atoms with Gasteiger partial charge in [-0.1, -0.05) is 18.2 Å². The Morgan fingerprint density at radius 3 is 2.45 bits per heavy atom. The van der Waals surface area contributed by atoms with E-state index in [1.807, 2.05) is 30.3 Å². The average molecular weight is 446 g/mol. The maximum absolute atomic E-state index is 13.3. The van der Waals surface area contributed by atoms with Crippen LogP contribution in [0.4, 0.5) is 5.82 Å². The van der Waals surface area contributed by atoms with Crippen LogP contribution in [0.1, 0.15) is 17.0 Å². The van der Waals surface area contributed by atoms with E-state index < -0.39 is 16.8 Å². The fraction of sp³-hybridized carbons (Fsp3) is 0.100. The molecule has 0 aliphatic rings. The Morgan fingerprint density at radius 2 is 1.79 bits per heavy atom. The Hall–Kier alpha value is -4.94. The molecule has 4 aromatic heterocycles. The molecule has 0 radical (unpaired) electrons. The number of aromatic amines is 3. The molecule has 166 valence electrons. The minimum Gasteiger partial charge on any atom is -0.383 e. The van der Waals surface area contributed by atoms with Crippen molar-refractivity contribution in [2.75, 3.05) is 5.73 Å².